The van der Waals surface area contributed by atoms with Crippen LogP contribution in [0.25, 0.3) is 10.6 Å². The Hall–Kier alpha value is -3.90. The van der Waals surface area contributed by atoms with Gasteiger partial charge in [-0.1, -0.05) is 77.3 Å². The molecule has 246 valence electrons. The van der Waals surface area contributed by atoms with Crippen molar-refractivity contribution in [3.63, 3.8) is 0 Å². The predicted octanol–water partition coefficient (Wildman–Crippen LogP) is 9.08. The Balaban J connectivity index is 0.000000719. The number of carbonyl (C=O) groups excluding carboxylic acids is 1. The Morgan fingerprint density at radius 3 is 2.22 bits per heavy atom. The first-order chi connectivity index (χ1) is 21.2. The number of unbranched alkanes of at least 4 members (excludes halogenated alkanes) is 1. The molecular formula is C36H54N6O2S. The number of nitrogens with zero attached hydrogens (tertiary/aromatic N) is 5. The maximum atomic E-state index is 13.0. The van der Waals surface area contributed by atoms with E-state index in [-0.39, 0.29) is 17.2 Å². The first-order valence-electron chi connectivity index (χ1n) is 15.6. The minimum Gasteiger partial charge on any atom is -0.496 e. The molecule has 0 aliphatic rings. The molecule has 0 aliphatic heterocycles. The average Bonchev–Trinajstić information content (AvgIpc) is 3.63. The van der Waals surface area contributed by atoms with Crippen molar-refractivity contribution in [1.82, 2.24) is 20.3 Å². The lowest BCUT2D eigenvalue weighted by Gasteiger charge is -2.28. The molecule has 0 spiro atoms. The molecule has 9 heteroatoms. The zero-order valence-corrected chi connectivity index (χ0v) is 30.1. The molecule has 8 nitrogen and oxygen atoms in total. The summed E-state index contributed by atoms with van der Waals surface area (Å²) >= 11 is 1.48. The molecule has 3 rings (SSSR count). The van der Waals surface area contributed by atoms with Gasteiger partial charge in [0.2, 0.25) is 5.91 Å². The molecule has 0 radical (unpaired) electrons. The summed E-state index contributed by atoms with van der Waals surface area (Å²) in [6, 6.07) is 10.6. The quantitative estimate of drug-likeness (QED) is 0.200. The lowest BCUT2D eigenvalue weighted by atomic mass is 9.92. The van der Waals surface area contributed by atoms with Gasteiger partial charge in [0.25, 0.3) is 0 Å². The first kappa shape index (κ1) is 39.1. The molecule has 1 N–H and O–H groups in total. The van der Waals surface area contributed by atoms with Crippen molar-refractivity contribution >= 4 is 27.8 Å². The predicted molar refractivity (Wildman–Crippen MR) is 190 cm³/mol. The number of allylic oxidation sites excluding steroid dienone is 2. The van der Waals surface area contributed by atoms with Crippen LogP contribution in [-0.2, 0) is 4.79 Å². The fraction of sp³-hybridized carbons (Fsp3) is 0.500. The number of anilines is 1. The number of aromatic nitrogens is 3. The van der Waals surface area contributed by atoms with Crippen molar-refractivity contribution < 1.29 is 9.53 Å². The van der Waals surface area contributed by atoms with E-state index in [4.69, 9.17) is 10.00 Å². The van der Waals surface area contributed by atoms with Crippen LogP contribution in [0.1, 0.15) is 104 Å². The number of methoxy groups -OCH3 is 1. The number of benzene rings is 1. The van der Waals surface area contributed by atoms with Gasteiger partial charge in [0, 0.05) is 48.5 Å². The monoisotopic (exact) mass is 634 g/mol. The Labute approximate surface area is 275 Å². The largest absolute Gasteiger partial charge is 0.496 e. The highest BCUT2D eigenvalue weighted by molar-refractivity contribution is 7.19. The SMILES string of the molecule is C=C(C)c1c(N(C[C@H](CCCC#N)c2ccccc2OC)C(C)=O)sc(-n2nccn2)c1C.C=C(NC(C)C)C(C)(C)C.CC. The van der Waals surface area contributed by atoms with Crippen molar-refractivity contribution in [1.29, 1.82) is 5.26 Å². The number of carbonyl (C=O) groups is 1. The van der Waals surface area contributed by atoms with Crippen LogP contribution in [0.3, 0.4) is 0 Å². The highest BCUT2D eigenvalue weighted by Gasteiger charge is 2.28. The van der Waals surface area contributed by atoms with Crippen molar-refractivity contribution in [3.8, 4) is 16.8 Å². The number of thiophene rings is 1. The summed E-state index contributed by atoms with van der Waals surface area (Å²) in [6.45, 7) is 28.8. The molecule has 0 bridgehead atoms. The summed E-state index contributed by atoms with van der Waals surface area (Å²) in [6.07, 6.45) is 5.24. The van der Waals surface area contributed by atoms with Gasteiger partial charge in [-0.15, -0.1) is 4.80 Å². The van der Waals surface area contributed by atoms with Gasteiger partial charge < -0.3 is 15.0 Å². The number of hydrogen-bond acceptors (Lipinski definition) is 7. The van der Waals surface area contributed by atoms with Crippen LogP contribution in [0.4, 0.5) is 5.00 Å². The molecule has 0 fully saturated rings. The molecule has 0 unspecified atom stereocenters. The van der Waals surface area contributed by atoms with Crippen molar-refractivity contribution in [2.75, 3.05) is 18.6 Å². The van der Waals surface area contributed by atoms with Crippen LogP contribution in [0.15, 0.2) is 55.5 Å². The van der Waals surface area contributed by atoms with Gasteiger partial charge in [-0.05, 0) is 63.3 Å². The van der Waals surface area contributed by atoms with E-state index in [0.29, 0.717) is 19.0 Å². The maximum Gasteiger partial charge on any atom is 0.224 e. The third-order valence-corrected chi connectivity index (χ3v) is 8.23. The molecule has 1 amide bonds. The van der Waals surface area contributed by atoms with E-state index in [2.05, 4.69) is 69.4 Å². The number of nitriles is 1. The minimum absolute atomic E-state index is 0.00468. The summed E-state index contributed by atoms with van der Waals surface area (Å²) in [5.74, 6) is 0.732. The number of hydrogen-bond donors (Lipinski definition) is 1. The highest BCUT2D eigenvalue weighted by Crippen LogP contribution is 2.43. The second-order valence-corrected chi connectivity index (χ2v) is 12.9. The van der Waals surface area contributed by atoms with Gasteiger partial charge in [0.05, 0.1) is 25.6 Å². The van der Waals surface area contributed by atoms with Gasteiger partial charge in [-0.2, -0.15) is 15.5 Å². The van der Waals surface area contributed by atoms with Crippen molar-refractivity contribution in [2.45, 2.75) is 100 Å². The minimum atomic E-state index is -0.0566. The third-order valence-electron chi connectivity index (χ3n) is 6.95. The van der Waals surface area contributed by atoms with Gasteiger partial charge >= 0.3 is 0 Å². The second-order valence-electron chi connectivity index (χ2n) is 12.0. The molecule has 1 aromatic carbocycles. The Morgan fingerprint density at radius 2 is 1.76 bits per heavy atom. The van der Waals surface area contributed by atoms with Crippen molar-refractivity contribution in [3.05, 3.63) is 72.2 Å². The number of ether oxygens (including phenoxy) is 1. The molecule has 0 saturated carbocycles. The number of nitrogens with one attached hydrogen (secondary N) is 1. The van der Waals surface area contributed by atoms with Gasteiger partial charge in [0.15, 0.2) is 0 Å². The summed E-state index contributed by atoms with van der Waals surface area (Å²) in [7, 11) is 1.65. The molecule has 3 aromatic rings. The highest BCUT2D eigenvalue weighted by atomic mass is 32.1. The van der Waals surface area contributed by atoms with E-state index in [1.54, 1.807) is 31.2 Å². The van der Waals surface area contributed by atoms with E-state index in [1.807, 2.05) is 56.9 Å². The molecular weight excluding hydrogens is 581 g/mol. The van der Waals surface area contributed by atoms with E-state index in [1.165, 1.54) is 11.3 Å². The van der Waals surface area contributed by atoms with Crippen LogP contribution >= 0.6 is 11.3 Å². The Bertz CT molecular complexity index is 1410. The zero-order chi connectivity index (χ0) is 34.3. The first-order valence-corrected chi connectivity index (χ1v) is 16.4. The summed E-state index contributed by atoms with van der Waals surface area (Å²) in [5, 5.41) is 22.6. The molecule has 1 atom stereocenters. The van der Waals surface area contributed by atoms with E-state index in [0.717, 1.165) is 56.6 Å². The van der Waals surface area contributed by atoms with Crippen LogP contribution in [0, 0.1) is 23.7 Å². The fourth-order valence-corrected chi connectivity index (χ4v) is 5.96. The third kappa shape index (κ3) is 11.5. The van der Waals surface area contributed by atoms with Gasteiger partial charge in [0.1, 0.15) is 15.8 Å². The van der Waals surface area contributed by atoms with Gasteiger partial charge in [-0.3, -0.25) is 4.79 Å². The molecule has 0 saturated heterocycles. The lowest BCUT2D eigenvalue weighted by Crippen LogP contribution is -2.33. The number of amides is 1. The smallest absolute Gasteiger partial charge is 0.224 e. The number of para-hydroxylation sites is 1. The van der Waals surface area contributed by atoms with Crippen molar-refractivity contribution in [2.24, 2.45) is 5.41 Å². The molecule has 2 aromatic heterocycles. The van der Waals surface area contributed by atoms with Crippen LogP contribution in [0.2, 0.25) is 0 Å². The maximum absolute atomic E-state index is 13.0. The fourth-order valence-electron chi connectivity index (χ4n) is 4.61. The topological polar surface area (TPSA) is 96.1 Å². The van der Waals surface area contributed by atoms with Crippen LogP contribution < -0.4 is 15.0 Å². The van der Waals surface area contributed by atoms with E-state index in [9.17, 15) is 4.79 Å². The molecule has 0 aliphatic carbocycles. The lowest BCUT2D eigenvalue weighted by molar-refractivity contribution is -0.116. The standard InChI is InChI=1S/C25H29N5O2S.C9H19N.C2H6/c1-17(2)23-18(3)24(30-27-14-15-28-30)33-25(23)29(19(4)31)16-20(10-8-9-13-26)21-11-6-7-12-22(21)32-5;1-7(2)10-8(3)9(4,5)6;1-2/h6-7,11-12,14-15,20H,1,8-10,16H2,2-5H3;7,10H,3H2,1-2,4-6H3;1-2H3/t20-;;/m0../s1. The summed E-state index contributed by atoms with van der Waals surface area (Å²) in [5.41, 5.74) is 5.14. The molecule has 45 heavy (non-hydrogen) atoms. The Kier molecular flexibility index (Phi) is 16.3. The normalized spacial score (nSPS) is 11.3. The second kappa shape index (κ2) is 18.8. The molecule has 2 heterocycles. The number of rotatable bonds is 12. The van der Waals surface area contributed by atoms with E-state index < -0.39 is 0 Å². The summed E-state index contributed by atoms with van der Waals surface area (Å²) < 4.78 is 5.61. The Morgan fingerprint density at radius 1 is 1.16 bits per heavy atom. The average molecular weight is 635 g/mol. The van der Waals surface area contributed by atoms with Crippen LogP contribution in [0.5, 0.6) is 5.75 Å². The van der Waals surface area contributed by atoms with Gasteiger partial charge in [-0.25, -0.2) is 0 Å². The van der Waals surface area contributed by atoms with Crippen LogP contribution in [-0.4, -0.2) is 40.6 Å². The summed E-state index contributed by atoms with van der Waals surface area (Å²) in [4.78, 5) is 16.4. The zero-order valence-electron chi connectivity index (χ0n) is 29.3. The van der Waals surface area contributed by atoms with E-state index >= 15 is 0 Å².